The average molecular weight is 212 g/mol. The first-order valence-electron chi connectivity index (χ1n) is 6.17. The molecule has 1 N–H and O–H groups in total. The van der Waals surface area contributed by atoms with Crippen molar-refractivity contribution >= 4 is 5.91 Å². The average Bonchev–Trinajstić information content (AvgIpc) is 2.45. The highest BCUT2D eigenvalue weighted by atomic mass is 16.2. The lowest BCUT2D eigenvalue weighted by atomic mass is 9.99. The van der Waals surface area contributed by atoms with Gasteiger partial charge in [-0.1, -0.05) is 27.2 Å². The normalized spacial score (nSPS) is 31.3. The van der Waals surface area contributed by atoms with Crippen LogP contribution in [0.15, 0.2) is 0 Å². The molecule has 2 atom stereocenters. The van der Waals surface area contributed by atoms with Crippen molar-refractivity contribution in [2.24, 2.45) is 0 Å². The number of nitrogens with one attached hydrogen (secondary N) is 1. The van der Waals surface area contributed by atoms with Crippen LogP contribution < -0.4 is 5.32 Å². The third kappa shape index (κ3) is 2.33. The minimum absolute atomic E-state index is 0.257. The first-order chi connectivity index (χ1) is 7.09. The van der Waals surface area contributed by atoms with Crippen molar-refractivity contribution in [3.63, 3.8) is 0 Å². The Bertz CT molecular complexity index is 230. The first-order valence-corrected chi connectivity index (χ1v) is 6.17. The molecular weight excluding hydrogens is 188 g/mol. The van der Waals surface area contributed by atoms with E-state index in [4.69, 9.17) is 0 Å². The molecule has 1 saturated heterocycles. The van der Waals surface area contributed by atoms with Gasteiger partial charge in [0.05, 0.1) is 11.7 Å². The van der Waals surface area contributed by atoms with Gasteiger partial charge in [0.25, 0.3) is 0 Å². The zero-order chi connectivity index (χ0) is 11.5. The van der Waals surface area contributed by atoms with Crippen molar-refractivity contribution in [3.8, 4) is 0 Å². The molecule has 0 aromatic heterocycles. The lowest BCUT2D eigenvalue weighted by Crippen LogP contribution is -2.43. The van der Waals surface area contributed by atoms with Gasteiger partial charge in [-0.15, -0.1) is 0 Å². The number of hydrogen-bond donors (Lipinski definition) is 1. The quantitative estimate of drug-likeness (QED) is 0.757. The third-order valence-corrected chi connectivity index (χ3v) is 3.33. The van der Waals surface area contributed by atoms with Crippen LogP contribution in [0.25, 0.3) is 0 Å². The molecule has 0 bridgehead atoms. The predicted molar refractivity (Wildman–Crippen MR) is 62.5 cm³/mol. The highest BCUT2D eigenvalue weighted by Gasteiger charge is 2.45. The summed E-state index contributed by atoms with van der Waals surface area (Å²) in [6.45, 7) is 9.26. The highest BCUT2D eigenvalue weighted by molar-refractivity contribution is 5.88. The number of carbonyl (C=O) groups is 1. The Labute approximate surface area is 93.2 Å². The van der Waals surface area contributed by atoms with Crippen LogP contribution in [0.3, 0.4) is 0 Å². The van der Waals surface area contributed by atoms with Crippen molar-refractivity contribution < 1.29 is 4.79 Å². The van der Waals surface area contributed by atoms with Crippen LogP contribution in [-0.2, 0) is 4.79 Å². The second-order valence-corrected chi connectivity index (χ2v) is 4.63. The molecule has 88 valence electrons. The molecule has 0 aromatic carbocycles. The van der Waals surface area contributed by atoms with E-state index in [1.807, 2.05) is 11.8 Å². The molecule has 1 amide bonds. The lowest BCUT2D eigenvalue weighted by Gasteiger charge is -2.23. The van der Waals surface area contributed by atoms with Crippen LogP contribution in [0.5, 0.6) is 0 Å². The molecule has 2 unspecified atom stereocenters. The Balaban J connectivity index is 2.77. The first kappa shape index (κ1) is 12.5. The summed E-state index contributed by atoms with van der Waals surface area (Å²) in [7, 11) is 0. The van der Waals surface area contributed by atoms with E-state index in [-0.39, 0.29) is 17.6 Å². The Morgan fingerprint density at radius 1 is 1.33 bits per heavy atom. The number of rotatable bonds is 5. The molecule has 1 aliphatic heterocycles. The topological polar surface area (TPSA) is 32.3 Å². The SMILES string of the molecule is CCCC1NC(C)(CC)C(=O)N1CCC. The molecule has 3 heteroatoms. The summed E-state index contributed by atoms with van der Waals surface area (Å²) in [6.07, 6.45) is 4.33. The van der Waals surface area contributed by atoms with Gasteiger partial charge < -0.3 is 4.90 Å². The Hall–Kier alpha value is -0.570. The van der Waals surface area contributed by atoms with Crippen LogP contribution in [0.2, 0.25) is 0 Å². The van der Waals surface area contributed by atoms with Crippen LogP contribution in [0, 0.1) is 0 Å². The van der Waals surface area contributed by atoms with Gasteiger partial charge in [-0.25, -0.2) is 0 Å². The van der Waals surface area contributed by atoms with Crippen LogP contribution in [-0.4, -0.2) is 29.1 Å². The molecule has 0 saturated carbocycles. The molecular formula is C12H24N2O. The maximum absolute atomic E-state index is 12.2. The summed E-state index contributed by atoms with van der Waals surface area (Å²) in [6, 6.07) is 0. The predicted octanol–water partition coefficient (Wildman–Crippen LogP) is 2.12. The molecule has 1 aliphatic rings. The van der Waals surface area contributed by atoms with E-state index >= 15 is 0 Å². The smallest absolute Gasteiger partial charge is 0.243 e. The summed E-state index contributed by atoms with van der Waals surface area (Å²) in [5, 5.41) is 3.48. The number of nitrogens with zero attached hydrogens (tertiary/aromatic N) is 1. The third-order valence-electron chi connectivity index (χ3n) is 3.33. The van der Waals surface area contributed by atoms with E-state index in [1.165, 1.54) is 0 Å². The summed E-state index contributed by atoms with van der Waals surface area (Å²) in [4.78, 5) is 14.2. The minimum atomic E-state index is -0.324. The van der Waals surface area contributed by atoms with Gasteiger partial charge in [0.1, 0.15) is 0 Å². The zero-order valence-electron chi connectivity index (χ0n) is 10.5. The lowest BCUT2D eigenvalue weighted by molar-refractivity contribution is -0.133. The van der Waals surface area contributed by atoms with E-state index in [9.17, 15) is 4.79 Å². The van der Waals surface area contributed by atoms with Gasteiger partial charge >= 0.3 is 0 Å². The monoisotopic (exact) mass is 212 g/mol. The van der Waals surface area contributed by atoms with Crippen molar-refractivity contribution in [1.29, 1.82) is 0 Å². The van der Waals surface area contributed by atoms with Gasteiger partial charge in [-0.05, 0) is 26.2 Å². The van der Waals surface area contributed by atoms with E-state index in [0.29, 0.717) is 0 Å². The fraction of sp³-hybridized carbons (Fsp3) is 0.917. The molecule has 0 radical (unpaired) electrons. The van der Waals surface area contributed by atoms with E-state index < -0.39 is 0 Å². The summed E-state index contributed by atoms with van der Waals surface area (Å²) >= 11 is 0. The minimum Gasteiger partial charge on any atom is -0.326 e. The summed E-state index contributed by atoms with van der Waals surface area (Å²) < 4.78 is 0. The van der Waals surface area contributed by atoms with Crippen molar-refractivity contribution in [1.82, 2.24) is 10.2 Å². The molecule has 0 aromatic rings. The van der Waals surface area contributed by atoms with Crippen molar-refractivity contribution in [2.75, 3.05) is 6.54 Å². The standard InChI is InChI=1S/C12H24N2O/c1-5-8-10-13-12(4,7-3)11(15)14(10)9-6-2/h10,13H,5-9H2,1-4H3. The largest absolute Gasteiger partial charge is 0.326 e. The molecule has 3 nitrogen and oxygen atoms in total. The molecule has 0 aliphatic carbocycles. The van der Waals surface area contributed by atoms with Crippen LogP contribution >= 0.6 is 0 Å². The molecule has 15 heavy (non-hydrogen) atoms. The van der Waals surface area contributed by atoms with Crippen LogP contribution in [0.1, 0.15) is 53.4 Å². The second-order valence-electron chi connectivity index (χ2n) is 4.63. The number of hydrogen-bond acceptors (Lipinski definition) is 2. The maximum Gasteiger partial charge on any atom is 0.243 e. The molecule has 0 spiro atoms. The fourth-order valence-corrected chi connectivity index (χ4v) is 2.22. The zero-order valence-corrected chi connectivity index (χ0v) is 10.5. The summed E-state index contributed by atoms with van der Waals surface area (Å²) in [5.74, 6) is 0.283. The van der Waals surface area contributed by atoms with Gasteiger partial charge in [0.2, 0.25) is 5.91 Å². The van der Waals surface area contributed by atoms with Crippen molar-refractivity contribution in [3.05, 3.63) is 0 Å². The Morgan fingerprint density at radius 3 is 2.47 bits per heavy atom. The van der Waals surface area contributed by atoms with Gasteiger partial charge in [-0.3, -0.25) is 10.1 Å². The van der Waals surface area contributed by atoms with Crippen LogP contribution in [0.4, 0.5) is 0 Å². The van der Waals surface area contributed by atoms with Gasteiger partial charge in [0.15, 0.2) is 0 Å². The van der Waals surface area contributed by atoms with E-state index in [0.717, 1.165) is 32.2 Å². The Morgan fingerprint density at radius 2 is 2.00 bits per heavy atom. The molecule has 1 heterocycles. The number of carbonyl (C=O) groups excluding carboxylic acids is 1. The van der Waals surface area contributed by atoms with E-state index in [2.05, 4.69) is 26.1 Å². The Kier molecular flexibility index (Phi) is 4.14. The second kappa shape index (κ2) is 4.97. The van der Waals surface area contributed by atoms with E-state index in [1.54, 1.807) is 0 Å². The molecule has 1 fully saturated rings. The fourth-order valence-electron chi connectivity index (χ4n) is 2.22. The highest BCUT2D eigenvalue weighted by Crippen LogP contribution is 2.25. The molecule has 1 rings (SSSR count). The van der Waals surface area contributed by atoms with Gasteiger partial charge in [-0.2, -0.15) is 0 Å². The number of amides is 1. The van der Waals surface area contributed by atoms with Gasteiger partial charge in [0, 0.05) is 6.54 Å². The van der Waals surface area contributed by atoms with Crippen molar-refractivity contribution in [2.45, 2.75) is 65.1 Å². The maximum atomic E-state index is 12.2. The summed E-state index contributed by atoms with van der Waals surface area (Å²) in [5.41, 5.74) is -0.324.